The zero-order valence-electron chi connectivity index (χ0n) is 20.8. The Morgan fingerprint density at radius 2 is 1.78 bits per heavy atom. The Morgan fingerprint density at radius 1 is 1.08 bits per heavy atom. The Kier molecular flexibility index (Phi) is 6.80. The molecule has 8 heteroatoms. The number of aliphatic imine (C=N–C) groups is 1. The molecule has 0 bridgehead atoms. The van der Waals surface area contributed by atoms with Crippen molar-refractivity contribution in [2.45, 2.75) is 20.8 Å². The van der Waals surface area contributed by atoms with Gasteiger partial charge in [-0.15, -0.1) is 0 Å². The summed E-state index contributed by atoms with van der Waals surface area (Å²) in [5.41, 5.74) is 6.91. The lowest BCUT2D eigenvalue weighted by atomic mass is 9.97. The first-order valence-corrected chi connectivity index (χ1v) is 11.3. The van der Waals surface area contributed by atoms with Crippen molar-refractivity contribution in [2.24, 2.45) is 12.0 Å². The first-order valence-electron chi connectivity index (χ1n) is 11.3. The van der Waals surface area contributed by atoms with E-state index < -0.39 is 0 Å². The molecule has 1 N–H and O–H groups in total. The summed E-state index contributed by atoms with van der Waals surface area (Å²) >= 11 is 0. The van der Waals surface area contributed by atoms with Crippen molar-refractivity contribution in [2.75, 3.05) is 12.4 Å². The number of aromatic nitrogens is 3. The van der Waals surface area contributed by atoms with E-state index in [9.17, 15) is 5.26 Å². The highest BCUT2D eigenvalue weighted by molar-refractivity contribution is 6.12. The lowest BCUT2D eigenvalue weighted by molar-refractivity contribution is 0.459. The number of benzene rings is 2. The van der Waals surface area contributed by atoms with E-state index >= 15 is 0 Å². The van der Waals surface area contributed by atoms with E-state index in [1.165, 1.54) is 0 Å². The maximum Gasteiger partial charge on any atom is 0.249 e. The molecule has 0 radical (unpaired) electrons. The minimum Gasteiger partial charge on any atom is -0.436 e. The Labute approximate surface area is 209 Å². The molecule has 0 unspecified atom stereocenters. The molecule has 36 heavy (non-hydrogen) atoms. The van der Waals surface area contributed by atoms with E-state index in [0.29, 0.717) is 28.7 Å². The molecule has 0 spiro atoms. The Morgan fingerprint density at radius 3 is 2.39 bits per heavy atom. The number of nitrogens with zero attached hydrogens (tertiary/aromatic N) is 6. The SMILES string of the molecule is CN=C/C(=C(\C)C#N)c1cc(C)c(Oc2nc(Nc3ccc(C#N)cc3)nc3ccn(C)c23)c(C)c1. The molecule has 8 nitrogen and oxygen atoms in total. The van der Waals surface area contributed by atoms with Crippen molar-refractivity contribution in [3.05, 3.63) is 76.5 Å². The minimum atomic E-state index is 0.384. The van der Waals surface area contributed by atoms with Gasteiger partial charge in [0.2, 0.25) is 11.8 Å². The number of anilines is 2. The van der Waals surface area contributed by atoms with Gasteiger partial charge in [-0.05, 0) is 79.9 Å². The number of aryl methyl sites for hydroxylation is 3. The molecule has 0 saturated heterocycles. The molecule has 0 atom stereocenters. The molecule has 4 rings (SSSR count). The molecule has 0 saturated carbocycles. The van der Waals surface area contributed by atoms with E-state index in [0.717, 1.165) is 39.0 Å². The van der Waals surface area contributed by atoms with Crippen LogP contribution in [0.25, 0.3) is 16.6 Å². The molecule has 4 aromatic rings. The van der Waals surface area contributed by atoms with Gasteiger partial charge >= 0.3 is 0 Å². The summed E-state index contributed by atoms with van der Waals surface area (Å²) in [6.45, 7) is 5.71. The number of allylic oxidation sites excluding steroid dienone is 2. The quantitative estimate of drug-likeness (QED) is 0.271. The molecular formula is C28H25N7O. The maximum absolute atomic E-state index is 9.41. The van der Waals surface area contributed by atoms with Crippen LogP contribution in [0.1, 0.15) is 29.2 Å². The number of hydrogen-bond donors (Lipinski definition) is 1. The van der Waals surface area contributed by atoms with Gasteiger partial charge in [-0.25, -0.2) is 4.98 Å². The highest BCUT2D eigenvalue weighted by Crippen LogP contribution is 2.35. The van der Waals surface area contributed by atoms with Crippen LogP contribution in [-0.2, 0) is 7.05 Å². The number of nitriles is 2. The van der Waals surface area contributed by atoms with Gasteiger partial charge in [-0.3, -0.25) is 4.99 Å². The first-order chi connectivity index (χ1) is 17.3. The average molecular weight is 476 g/mol. The molecule has 0 aliphatic rings. The third-order valence-electron chi connectivity index (χ3n) is 5.76. The van der Waals surface area contributed by atoms with Gasteiger partial charge in [-0.1, -0.05) is 0 Å². The van der Waals surface area contributed by atoms with Gasteiger partial charge in [0.25, 0.3) is 0 Å². The lowest BCUT2D eigenvalue weighted by Crippen LogP contribution is -2.03. The van der Waals surface area contributed by atoms with Crippen molar-refractivity contribution >= 4 is 34.5 Å². The zero-order valence-corrected chi connectivity index (χ0v) is 20.8. The Balaban J connectivity index is 1.76. The molecule has 0 fully saturated rings. The summed E-state index contributed by atoms with van der Waals surface area (Å²) in [7, 11) is 3.60. The van der Waals surface area contributed by atoms with Crippen molar-refractivity contribution in [3.8, 4) is 23.8 Å². The van der Waals surface area contributed by atoms with Crippen LogP contribution in [0.15, 0.2) is 59.2 Å². The van der Waals surface area contributed by atoms with Crippen molar-refractivity contribution in [1.82, 2.24) is 14.5 Å². The number of hydrogen-bond acceptors (Lipinski definition) is 7. The molecular weight excluding hydrogens is 450 g/mol. The van der Waals surface area contributed by atoms with E-state index in [-0.39, 0.29) is 0 Å². The second-order valence-corrected chi connectivity index (χ2v) is 8.41. The normalized spacial score (nSPS) is 11.8. The molecule has 0 aliphatic heterocycles. The summed E-state index contributed by atoms with van der Waals surface area (Å²) in [5, 5.41) is 21.6. The first kappa shape index (κ1) is 24.2. The van der Waals surface area contributed by atoms with Gasteiger partial charge in [0.15, 0.2) is 0 Å². The number of fused-ring (bicyclic) bond motifs is 1. The van der Waals surface area contributed by atoms with Crippen LogP contribution in [0.5, 0.6) is 11.6 Å². The third-order valence-corrected chi connectivity index (χ3v) is 5.76. The summed E-state index contributed by atoms with van der Waals surface area (Å²) < 4.78 is 8.34. The van der Waals surface area contributed by atoms with Crippen LogP contribution >= 0.6 is 0 Å². The molecule has 0 amide bonds. The van der Waals surface area contributed by atoms with Crippen LogP contribution in [-0.4, -0.2) is 27.8 Å². The summed E-state index contributed by atoms with van der Waals surface area (Å²) in [5.74, 6) is 1.49. The number of rotatable bonds is 6. The summed E-state index contributed by atoms with van der Waals surface area (Å²) in [6.07, 6.45) is 3.61. The summed E-state index contributed by atoms with van der Waals surface area (Å²) in [4.78, 5) is 13.4. The Bertz CT molecular complexity index is 1570. The zero-order chi connectivity index (χ0) is 25.8. The van der Waals surface area contributed by atoms with E-state index in [4.69, 9.17) is 10.00 Å². The molecule has 2 aromatic heterocycles. The van der Waals surface area contributed by atoms with Crippen LogP contribution < -0.4 is 10.1 Å². The number of nitrogens with one attached hydrogen (secondary N) is 1. The molecule has 2 heterocycles. The van der Waals surface area contributed by atoms with Gasteiger partial charge in [0.1, 0.15) is 11.3 Å². The van der Waals surface area contributed by atoms with Crippen molar-refractivity contribution in [3.63, 3.8) is 0 Å². The van der Waals surface area contributed by atoms with Crippen molar-refractivity contribution < 1.29 is 4.74 Å². The lowest BCUT2D eigenvalue weighted by Gasteiger charge is -2.16. The standard InChI is InChI=1S/C28H25N7O/c1-17-12-21(23(16-31-4)19(3)14-29)13-18(2)26(17)36-27-25-24(10-11-35(25)5)33-28(34-27)32-22-8-6-20(15-30)7-9-22/h6-13,16H,1-5H3,(H,32,33,34)/b23-19-,31-16?. The fourth-order valence-electron chi connectivity index (χ4n) is 3.98. The maximum atomic E-state index is 9.41. The summed E-state index contributed by atoms with van der Waals surface area (Å²) in [6, 6.07) is 17.3. The molecule has 2 aromatic carbocycles. The average Bonchev–Trinajstić information content (AvgIpc) is 3.25. The highest BCUT2D eigenvalue weighted by atomic mass is 16.5. The van der Waals surface area contributed by atoms with Gasteiger partial charge in [0, 0.05) is 43.3 Å². The fraction of sp³-hybridized carbons (Fsp3) is 0.179. The smallest absolute Gasteiger partial charge is 0.249 e. The van der Waals surface area contributed by atoms with Crippen molar-refractivity contribution in [1.29, 1.82) is 10.5 Å². The van der Waals surface area contributed by atoms with Gasteiger partial charge in [0.05, 0.1) is 23.2 Å². The van der Waals surface area contributed by atoms with E-state index in [1.54, 1.807) is 44.5 Å². The largest absolute Gasteiger partial charge is 0.436 e. The van der Waals surface area contributed by atoms with Crippen LogP contribution in [0, 0.1) is 36.5 Å². The minimum absolute atomic E-state index is 0.384. The van der Waals surface area contributed by atoms with Crippen LogP contribution in [0.2, 0.25) is 0 Å². The fourth-order valence-corrected chi connectivity index (χ4v) is 3.98. The van der Waals surface area contributed by atoms with Crippen LogP contribution in [0.4, 0.5) is 11.6 Å². The highest BCUT2D eigenvalue weighted by Gasteiger charge is 2.17. The Hall–Kier alpha value is -4.95. The predicted octanol–water partition coefficient (Wildman–Crippen LogP) is 5.99. The third kappa shape index (κ3) is 4.79. The molecule has 0 aliphatic carbocycles. The second kappa shape index (κ2) is 10.1. The van der Waals surface area contributed by atoms with Crippen LogP contribution in [0.3, 0.4) is 0 Å². The van der Waals surface area contributed by atoms with E-state index in [1.807, 2.05) is 49.9 Å². The predicted molar refractivity (Wildman–Crippen MR) is 142 cm³/mol. The van der Waals surface area contributed by atoms with Gasteiger partial charge in [-0.2, -0.15) is 15.5 Å². The topological polar surface area (TPSA) is 112 Å². The van der Waals surface area contributed by atoms with Gasteiger partial charge < -0.3 is 14.6 Å². The number of ether oxygens (including phenoxy) is 1. The molecule has 178 valence electrons. The van der Waals surface area contributed by atoms with E-state index in [2.05, 4.69) is 32.4 Å². The second-order valence-electron chi connectivity index (χ2n) is 8.41. The monoisotopic (exact) mass is 475 g/mol.